The zero-order valence-electron chi connectivity index (χ0n) is 19.4. The van der Waals surface area contributed by atoms with Gasteiger partial charge in [0.15, 0.2) is 0 Å². The SMILES string of the molecule is CCCCN1C(=O)C(=Cc2nc(S(=O)(=O)c3ccc(C)c(C)c3)c(N3CCOCC3)o2)SC1=S. The van der Waals surface area contributed by atoms with Gasteiger partial charge in [0.05, 0.1) is 23.0 Å². The van der Waals surface area contributed by atoms with Gasteiger partial charge in [-0.1, -0.05) is 43.4 Å². The minimum Gasteiger partial charge on any atom is -0.420 e. The van der Waals surface area contributed by atoms with Crippen molar-refractivity contribution in [1.29, 1.82) is 0 Å². The van der Waals surface area contributed by atoms with Gasteiger partial charge in [0.2, 0.25) is 26.6 Å². The summed E-state index contributed by atoms with van der Waals surface area (Å²) in [6, 6.07) is 4.99. The number of rotatable bonds is 7. The summed E-state index contributed by atoms with van der Waals surface area (Å²) in [7, 11) is -3.96. The van der Waals surface area contributed by atoms with Gasteiger partial charge in [-0.25, -0.2) is 8.42 Å². The van der Waals surface area contributed by atoms with Gasteiger partial charge in [-0.3, -0.25) is 9.69 Å². The van der Waals surface area contributed by atoms with Crippen LogP contribution in [-0.4, -0.2) is 61.4 Å². The number of carbonyl (C=O) groups excluding carboxylic acids is 1. The van der Waals surface area contributed by atoms with E-state index in [1.165, 1.54) is 17.8 Å². The minimum absolute atomic E-state index is 0.0555. The zero-order valence-corrected chi connectivity index (χ0v) is 21.8. The maximum atomic E-state index is 13.6. The van der Waals surface area contributed by atoms with E-state index in [2.05, 4.69) is 4.98 Å². The van der Waals surface area contributed by atoms with Crippen molar-refractivity contribution in [3.8, 4) is 0 Å². The Hall–Kier alpha value is -2.21. The highest BCUT2D eigenvalue weighted by atomic mass is 32.2. The van der Waals surface area contributed by atoms with Crippen LogP contribution in [0.1, 0.15) is 36.8 Å². The lowest BCUT2D eigenvalue weighted by Gasteiger charge is -2.26. The number of ether oxygens (including phenoxy) is 1. The number of thioether (sulfide) groups is 1. The Bertz CT molecular complexity index is 1250. The molecule has 2 saturated heterocycles. The number of aryl methyl sites for hydroxylation is 2. The smallest absolute Gasteiger partial charge is 0.266 e. The molecule has 4 rings (SSSR count). The first kappa shape index (κ1) is 24.9. The standard InChI is InChI=1S/C23H27N3O5S3/c1-4-5-8-26-21(27)18(33-23(26)32)14-19-24-20(22(31-19)25-9-11-30-12-10-25)34(28,29)17-7-6-15(2)16(3)13-17/h6-7,13-14H,4-5,8-12H2,1-3H3. The first-order valence-corrected chi connectivity index (χ1v) is 13.8. The van der Waals surface area contributed by atoms with Crippen molar-refractivity contribution in [1.82, 2.24) is 9.88 Å². The molecule has 1 aromatic carbocycles. The Morgan fingerprint density at radius 1 is 1.21 bits per heavy atom. The second kappa shape index (κ2) is 10.2. The summed E-state index contributed by atoms with van der Waals surface area (Å²) in [5, 5.41) is -0.162. The number of benzene rings is 1. The fourth-order valence-electron chi connectivity index (χ4n) is 3.63. The molecule has 0 atom stereocenters. The molecule has 8 nitrogen and oxygen atoms in total. The number of thiocarbonyl (C=S) groups is 1. The lowest BCUT2D eigenvalue weighted by Crippen LogP contribution is -2.36. The third-order valence-electron chi connectivity index (χ3n) is 5.80. The molecule has 1 aromatic heterocycles. The Morgan fingerprint density at radius 2 is 1.94 bits per heavy atom. The van der Waals surface area contributed by atoms with Crippen LogP contribution in [0.5, 0.6) is 0 Å². The Morgan fingerprint density at radius 3 is 2.62 bits per heavy atom. The van der Waals surface area contributed by atoms with Crippen LogP contribution in [0.3, 0.4) is 0 Å². The normalized spacial score (nSPS) is 18.4. The average molecular weight is 522 g/mol. The molecule has 0 N–H and O–H groups in total. The molecule has 0 spiro atoms. The molecule has 2 aromatic rings. The van der Waals surface area contributed by atoms with Gasteiger partial charge in [-0.2, -0.15) is 4.98 Å². The van der Waals surface area contributed by atoms with Crippen LogP contribution in [-0.2, 0) is 19.4 Å². The molecule has 2 aliphatic rings. The van der Waals surface area contributed by atoms with Gasteiger partial charge < -0.3 is 14.1 Å². The van der Waals surface area contributed by atoms with Gasteiger partial charge in [0.25, 0.3) is 5.91 Å². The Kier molecular flexibility index (Phi) is 7.46. The summed E-state index contributed by atoms with van der Waals surface area (Å²) >= 11 is 6.53. The van der Waals surface area contributed by atoms with Gasteiger partial charge in [0.1, 0.15) is 4.32 Å². The predicted molar refractivity (Wildman–Crippen MR) is 136 cm³/mol. The maximum Gasteiger partial charge on any atom is 0.266 e. The number of aromatic nitrogens is 1. The second-order valence-corrected chi connectivity index (χ2v) is 11.7. The lowest BCUT2D eigenvalue weighted by molar-refractivity contribution is -0.122. The fraction of sp³-hybridized carbons (Fsp3) is 0.435. The van der Waals surface area contributed by atoms with Crippen molar-refractivity contribution in [3.63, 3.8) is 0 Å². The van der Waals surface area contributed by atoms with Gasteiger partial charge in [-0.15, -0.1) is 0 Å². The summed E-state index contributed by atoms with van der Waals surface area (Å²) in [5.41, 5.74) is 1.87. The molecule has 0 bridgehead atoms. The molecule has 0 unspecified atom stereocenters. The molecular formula is C23H27N3O5S3. The number of anilines is 1. The van der Waals surface area contributed by atoms with Crippen LogP contribution in [0.4, 0.5) is 5.88 Å². The largest absolute Gasteiger partial charge is 0.420 e. The quantitative estimate of drug-likeness (QED) is 0.396. The number of amides is 1. The summed E-state index contributed by atoms with van der Waals surface area (Å²) in [6.07, 6.45) is 3.27. The van der Waals surface area contributed by atoms with Crippen molar-refractivity contribution < 1.29 is 22.4 Å². The molecular weight excluding hydrogens is 494 g/mol. The van der Waals surface area contributed by atoms with Crippen LogP contribution in [0.15, 0.2) is 37.4 Å². The lowest BCUT2D eigenvalue weighted by atomic mass is 10.1. The third-order valence-corrected chi connectivity index (χ3v) is 8.83. The highest BCUT2D eigenvalue weighted by molar-refractivity contribution is 8.26. The van der Waals surface area contributed by atoms with Crippen LogP contribution in [0.25, 0.3) is 6.08 Å². The molecule has 2 aliphatic heterocycles. The minimum atomic E-state index is -3.96. The van der Waals surface area contributed by atoms with Crippen LogP contribution in [0.2, 0.25) is 0 Å². The predicted octanol–water partition coefficient (Wildman–Crippen LogP) is 3.96. The Balaban J connectivity index is 1.75. The van der Waals surface area contributed by atoms with E-state index < -0.39 is 9.84 Å². The topological polar surface area (TPSA) is 93.0 Å². The van der Waals surface area contributed by atoms with E-state index in [-0.39, 0.29) is 27.6 Å². The zero-order chi connectivity index (χ0) is 24.5. The average Bonchev–Trinajstić information content (AvgIpc) is 3.36. The Labute approximate surface area is 209 Å². The van der Waals surface area contributed by atoms with Gasteiger partial charge >= 0.3 is 0 Å². The first-order chi connectivity index (χ1) is 16.2. The third kappa shape index (κ3) is 4.93. The van der Waals surface area contributed by atoms with Crippen LogP contribution in [0, 0.1) is 13.8 Å². The fourth-order valence-corrected chi connectivity index (χ4v) is 6.32. The van der Waals surface area contributed by atoms with Crippen molar-refractivity contribution in [2.24, 2.45) is 0 Å². The van der Waals surface area contributed by atoms with Crippen molar-refractivity contribution in [2.45, 2.75) is 43.5 Å². The van der Waals surface area contributed by atoms with E-state index >= 15 is 0 Å². The van der Waals surface area contributed by atoms with E-state index in [1.807, 2.05) is 25.7 Å². The van der Waals surface area contributed by atoms with Gasteiger partial charge in [0, 0.05) is 25.7 Å². The monoisotopic (exact) mass is 521 g/mol. The number of oxazole rings is 1. The van der Waals surface area contributed by atoms with E-state index in [1.54, 1.807) is 23.1 Å². The molecule has 0 radical (unpaired) electrons. The molecule has 11 heteroatoms. The number of nitrogens with zero attached hydrogens (tertiary/aromatic N) is 3. The van der Waals surface area contributed by atoms with Crippen LogP contribution >= 0.6 is 24.0 Å². The number of hydrogen-bond acceptors (Lipinski definition) is 9. The highest BCUT2D eigenvalue weighted by Crippen LogP contribution is 2.36. The van der Waals surface area contributed by atoms with Crippen LogP contribution < -0.4 is 4.90 Å². The highest BCUT2D eigenvalue weighted by Gasteiger charge is 2.34. The molecule has 182 valence electrons. The van der Waals surface area contributed by atoms with Gasteiger partial charge in [-0.05, 0) is 43.5 Å². The number of carbonyl (C=O) groups is 1. The molecule has 0 saturated carbocycles. The first-order valence-electron chi connectivity index (χ1n) is 11.1. The molecule has 0 aliphatic carbocycles. The summed E-state index contributed by atoms with van der Waals surface area (Å²) in [4.78, 5) is 21.1. The molecule has 1 amide bonds. The van der Waals surface area contributed by atoms with Crippen molar-refractivity contribution >= 4 is 56.0 Å². The second-order valence-electron chi connectivity index (χ2n) is 8.20. The summed E-state index contributed by atoms with van der Waals surface area (Å²) in [5.74, 6) is 0.00210. The summed E-state index contributed by atoms with van der Waals surface area (Å²) in [6.45, 7) is 8.25. The maximum absolute atomic E-state index is 13.6. The van der Waals surface area contributed by atoms with Crippen molar-refractivity contribution in [3.05, 3.63) is 40.1 Å². The number of morpholine rings is 1. The molecule has 2 fully saturated rings. The van der Waals surface area contributed by atoms with E-state index in [0.717, 1.165) is 24.0 Å². The molecule has 3 heterocycles. The number of unbranched alkanes of at least 4 members (excludes halogenated alkanes) is 1. The number of hydrogen-bond donors (Lipinski definition) is 0. The van der Waals surface area contributed by atoms with Crippen molar-refractivity contribution in [2.75, 3.05) is 37.7 Å². The van der Waals surface area contributed by atoms with E-state index in [0.29, 0.717) is 42.1 Å². The van der Waals surface area contributed by atoms with E-state index in [4.69, 9.17) is 21.4 Å². The number of sulfone groups is 1. The van der Waals surface area contributed by atoms with E-state index in [9.17, 15) is 13.2 Å². The molecule has 34 heavy (non-hydrogen) atoms. The summed E-state index contributed by atoms with van der Waals surface area (Å²) < 4.78 is 39.0.